The van der Waals surface area contributed by atoms with E-state index in [1.165, 1.54) is 12.8 Å². The number of unbranched alkanes of at least 4 members (excludes halogenated alkanes) is 7. The summed E-state index contributed by atoms with van der Waals surface area (Å²) in [6.07, 6.45) is 10.4. The number of aliphatic hydroxyl groups excluding tert-OH is 1. The Morgan fingerprint density at radius 2 is 1.31 bits per heavy atom. The van der Waals surface area contributed by atoms with Gasteiger partial charge < -0.3 is 24.6 Å². The minimum absolute atomic E-state index is 0.0976. The van der Waals surface area contributed by atoms with Crippen molar-refractivity contribution in [3.8, 4) is 0 Å². The van der Waals surface area contributed by atoms with Crippen LogP contribution < -0.4 is 5.32 Å². The van der Waals surface area contributed by atoms with Crippen LogP contribution in [0.3, 0.4) is 0 Å². The van der Waals surface area contributed by atoms with E-state index in [-0.39, 0.29) is 12.5 Å². The van der Waals surface area contributed by atoms with Crippen LogP contribution in [-0.2, 0) is 19.0 Å². The molecular weight excluding hydrogens is 334 g/mol. The first-order valence-corrected chi connectivity index (χ1v) is 10.4. The van der Waals surface area contributed by atoms with E-state index in [0.29, 0.717) is 46.0 Å². The average Bonchev–Trinajstić information content (AvgIpc) is 2.64. The largest absolute Gasteiger partial charge is 0.396 e. The van der Waals surface area contributed by atoms with E-state index in [9.17, 15) is 4.79 Å². The van der Waals surface area contributed by atoms with Gasteiger partial charge in [0, 0.05) is 26.2 Å². The summed E-state index contributed by atoms with van der Waals surface area (Å²) in [5, 5.41) is 11.6. The van der Waals surface area contributed by atoms with Crippen molar-refractivity contribution in [1.82, 2.24) is 5.32 Å². The van der Waals surface area contributed by atoms with E-state index in [4.69, 9.17) is 19.3 Å². The highest BCUT2D eigenvalue weighted by molar-refractivity contribution is 5.75. The van der Waals surface area contributed by atoms with Crippen LogP contribution in [0.15, 0.2) is 0 Å². The molecule has 0 aliphatic heterocycles. The van der Waals surface area contributed by atoms with Crippen molar-refractivity contribution in [2.24, 2.45) is 0 Å². The lowest BCUT2D eigenvalue weighted by Gasteiger charge is -2.08. The number of hydrogen-bond donors (Lipinski definition) is 2. The van der Waals surface area contributed by atoms with Crippen molar-refractivity contribution in [2.75, 3.05) is 52.8 Å². The van der Waals surface area contributed by atoms with Gasteiger partial charge in [0.2, 0.25) is 5.91 Å². The highest BCUT2D eigenvalue weighted by Gasteiger charge is 2.00. The Morgan fingerprint density at radius 1 is 0.731 bits per heavy atom. The van der Waals surface area contributed by atoms with E-state index in [1.54, 1.807) is 0 Å². The second-order valence-electron chi connectivity index (χ2n) is 6.49. The molecular formula is C20H41NO5. The zero-order chi connectivity index (χ0) is 19.1. The second-order valence-corrected chi connectivity index (χ2v) is 6.49. The maximum Gasteiger partial charge on any atom is 0.220 e. The molecule has 0 aromatic heterocycles. The van der Waals surface area contributed by atoms with E-state index >= 15 is 0 Å². The van der Waals surface area contributed by atoms with Gasteiger partial charge in [-0.3, -0.25) is 4.79 Å². The monoisotopic (exact) mass is 375 g/mol. The minimum atomic E-state index is 0.0976. The summed E-state index contributed by atoms with van der Waals surface area (Å²) in [6.45, 7) is 6.69. The van der Waals surface area contributed by atoms with Gasteiger partial charge >= 0.3 is 0 Å². The number of carbonyl (C=O) groups is 1. The molecule has 0 heterocycles. The molecule has 0 aromatic carbocycles. The summed E-state index contributed by atoms with van der Waals surface area (Å²) < 4.78 is 16.3. The number of aliphatic hydroxyl groups is 1. The fourth-order valence-electron chi connectivity index (χ4n) is 2.45. The molecule has 6 heteroatoms. The maximum atomic E-state index is 11.6. The molecule has 2 N–H and O–H groups in total. The van der Waals surface area contributed by atoms with E-state index in [0.717, 1.165) is 51.6 Å². The van der Waals surface area contributed by atoms with E-state index in [2.05, 4.69) is 12.2 Å². The molecule has 0 rings (SSSR count). The molecule has 0 saturated heterocycles. The highest BCUT2D eigenvalue weighted by Crippen LogP contribution is 2.06. The number of carbonyl (C=O) groups excluding carboxylic acids is 1. The minimum Gasteiger partial charge on any atom is -0.396 e. The van der Waals surface area contributed by atoms with Crippen LogP contribution in [0, 0.1) is 0 Å². The van der Waals surface area contributed by atoms with Crippen molar-refractivity contribution >= 4 is 5.91 Å². The molecule has 0 spiro atoms. The lowest BCUT2D eigenvalue weighted by Crippen LogP contribution is -2.27. The molecule has 1 amide bonds. The van der Waals surface area contributed by atoms with E-state index < -0.39 is 0 Å². The number of hydrogen-bond acceptors (Lipinski definition) is 5. The quantitative estimate of drug-likeness (QED) is 0.302. The molecule has 0 saturated carbocycles. The third-order valence-corrected chi connectivity index (χ3v) is 4.02. The van der Waals surface area contributed by atoms with Gasteiger partial charge in [0.05, 0.1) is 33.0 Å². The smallest absolute Gasteiger partial charge is 0.220 e. The average molecular weight is 376 g/mol. The zero-order valence-corrected chi connectivity index (χ0v) is 16.8. The van der Waals surface area contributed by atoms with Crippen molar-refractivity contribution in [3.05, 3.63) is 0 Å². The lowest BCUT2D eigenvalue weighted by molar-refractivity contribution is -0.121. The van der Waals surface area contributed by atoms with Crippen molar-refractivity contribution in [3.63, 3.8) is 0 Å². The van der Waals surface area contributed by atoms with Crippen LogP contribution in [0.1, 0.15) is 71.1 Å². The Bertz CT molecular complexity index is 289. The fourth-order valence-corrected chi connectivity index (χ4v) is 2.45. The summed E-state index contributed by atoms with van der Waals surface area (Å²) in [5.74, 6) is 0.0976. The molecule has 0 aromatic rings. The molecule has 0 aliphatic rings. The van der Waals surface area contributed by atoms with Gasteiger partial charge in [-0.1, -0.05) is 45.4 Å². The normalized spacial score (nSPS) is 11.0. The third-order valence-electron chi connectivity index (χ3n) is 4.02. The number of nitrogens with one attached hydrogen (secondary N) is 1. The van der Waals surface area contributed by atoms with Crippen molar-refractivity contribution in [1.29, 1.82) is 0 Å². The summed E-state index contributed by atoms with van der Waals surface area (Å²) in [5.41, 5.74) is 0. The van der Waals surface area contributed by atoms with Gasteiger partial charge in [-0.15, -0.1) is 0 Å². The first-order valence-electron chi connectivity index (χ1n) is 10.4. The molecule has 0 bridgehead atoms. The standard InChI is InChI=1S/C20H41NO5/c1-2-3-10-14-24-16-18-26-19-17-25-15-12-21-20(23)11-8-6-4-5-7-9-13-22/h22H,2-19H2,1H3,(H,21,23). The molecule has 6 nitrogen and oxygen atoms in total. The van der Waals surface area contributed by atoms with Crippen LogP contribution in [0.25, 0.3) is 0 Å². The van der Waals surface area contributed by atoms with Crippen LogP contribution in [0.5, 0.6) is 0 Å². The summed E-state index contributed by atoms with van der Waals surface area (Å²) >= 11 is 0. The number of rotatable bonds is 21. The fraction of sp³-hybridized carbons (Fsp3) is 0.950. The van der Waals surface area contributed by atoms with Gasteiger partial charge in [-0.2, -0.15) is 0 Å². The molecule has 26 heavy (non-hydrogen) atoms. The van der Waals surface area contributed by atoms with Crippen LogP contribution >= 0.6 is 0 Å². The van der Waals surface area contributed by atoms with Crippen LogP contribution in [-0.4, -0.2) is 63.8 Å². The van der Waals surface area contributed by atoms with Gasteiger partial charge in [0.25, 0.3) is 0 Å². The Morgan fingerprint density at radius 3 is 1.96 bits per heavy atom. The topological polar surface area (TPSA) is 77.0 Å². The van der Waals surface area contributed by atoms with Crippen LogP contribution in [0.4, 0.5) is 0 Å². The predicted octanol–water partition coefficient (Wildman–Crippen LogP) is 3.07. The SMILES string of the molecule is CCCCCOCCOCCOCCNC(=O)CCCCCCCCO. The first-order chi connectivity index (χ1) is 12.8. The Labute approximate surface area is 160 Å². The second kappa shape index (κ2) is 22.4. The van der Waals surface area contributed by atoms with Gasteiger partial charge in [0.1, 0.15) is 0 Å². The number of ether oxygens (including phenoxy) is 3. The summed E-state index contributed by atoms with van der Waals surface area (Å²) in [7, 11) is 0. The van der Waals surface area contributed by atoms with Gasteiger partial charge in [-0.25, -0.2) is 0 Å². The van der Waals surface area contributed by atoms with Crippen molar-refractivity contribution in [2.45, 2.75) is 71.1 Å². The molecule has 0 atom stereocenters. The van der Waals surface area contributed by atoms with Crippen LogP contribution in [0.2, 0.25) is 0 Å². The molecule has 156 valence electrons. The molecule has 0 aliphatic carbocycles. The summed E-state index contributed by atoms with van der Waals surface area (Å²) in [4.78, 5) is 11.6. The van der Waals surface area contributed by atoms with Gasteiger partial charge in [-0.05, 0) is 19.3 Å². The highest BCUT2D eigenvalue weighted by atomic mass is 16.5. The predicted molar refractivity (Wildman–Crippen MR) is 104 cm³/mol. The molecule has 0 fully saturated rings. The zero-order valence-electron chi connectivity index (χ0n) is 16.8. The third kappa shape index (κ3) is 21.4. The van der Waals surface area contributed by atoms with Gasteiger partial charge in [0.15, 0.2) is 0 Å². The Balaban J connectivity index is 3.12. The first kappa shape index (κ1) is 25.3. The maximum absolute atomic E-state index is 11.6. The summed E-state index contributed by atoms with van der Waals surface area (Å²) in [6, 6.07) is 0. The van der Waals surface area contributed by atoms with E-state index in [1.807, 2.05) is 0 Å². The Hall–Kier alpha value is -0.690. The number of amides is 1. The molecule has 0 unspecified atom stereocenters. The van der Waals surface area contributed by atoms with Crippen molar-refractivity contribution < 1.29 is 24.1 Å². The molecule has 0 radical (unpaired) electrons. The Kier molecular flexibility index (Phi) is 21.8. The lowest BCUT2D eigenvalue weighted by atomic mass is 10.1.